The van der Waals surface area contributed by atoms with Crippen LogP contribution >= 0.6 is 0 Å². The molecule has 6 heteroatoms. The van der Waals surface area contributed by atoms with Crippen molar-refractivity contribution in [2.24, 2.45) is 4.99 Å². The average molecular weight is 416 g/mol. The number of hydrogen-bond donors (Lipinski definition) is 0. The Labute approximate surface area is 185 Å². The first kappa shape index (κ1) is 21.8. The maximum Gasteiger partial charge on any atom is 0.206 e. The standard InChI is InChI=1S/C14H8N2O.C12H8N2O/c1-2-10-13(9(7-15)8-16)11-5-3-4-6-12(11)14(10)17;1-2-8-11(14-7-13)9-5-3-4-6-10(9)12(8)15/h2-6H,1H3;2-6H,1H3/b10-2-;8-2-,14-11?. The van der Waals surface area contributed by atoms with Crippen LogP contribution in [0.1, 0.15) is 45.7 Å². The number of allylic oxidation sites excluding steroid dienone is 6. The Balaban J connectivity index is 0.000000182. The number of carbonyl (C=O) groups excluding carboxylic acids is 2. The van der Waals surface area contributed by atoms with E-state index < -0.39 is 0 Å². The van der Waals surface area contributed by atoms with Gasteiger partial charge in [0.1, 0.15) is 17.7 Å². The van der Waals surface area contributed by atoms with E-state index in [1.165, 1.54) is 0 Å². The van der Waals surface area contributed by atoms with E-state index in [1.807, 2.05) is 18.2 Å². The van der Waals surface area contributed by atoms with Crippen molar-refractivity contribution in [3.63, 3.8) is 0 Å². The third-order valence-corrected chi connectivity index (χ3v) is 5.09. The molecule has 0 fully saturated rings. The molecule has 32 heavy (non-hydrogen) atoms. The molecule has 0 aliphatic heterocycles. The molecule has 0 aromatic heterocycles. The zero-order valence-electron chi connectivity index (χ0n) is 17.4. The Kier molecular flexibility index (Phi) is 6.35. The van der Waals surface area contributed by atoms with Crippen molar-refractivity contribution >= 4 is 22.9 Å². The lowest BCUT2D eigenvalue weighted by Crippen LogP contribution is -2.00. The molecule has 2 aliphatic rings. The van der Waals surface area contributed by atoms with Gasteiger partial charge in [0.05, 0.1) is 5.71 Å². The van der Waals surface area contributed by atoms with Gasteiger partial charge in [-0.25, -0.2) is 0 Å². The van der Waals surface area contributed by atoms with Gasteiger partial charge in [0.2, 0.25) is 6.19 Å². The van der Waals surface area contributed by atoms with Crippen LogP contribution in [0, 0.1) is 34.1 Å². The second kappa shape index (κ2) is 9.30. The van der Waals surface area contributed by atoms with Gasteiger partial charge in [0, 0.05) is 33.4 Å². The second-order valence-electron chi connectivity index (χ2n) is 6.69. The minimum absolute atomic E-state index is 0.0172. The van der Waals surface area contributed by atoms with Crippen LogP contribution in [-0.4, -0.2) is 17.3 Å². The number of Topliss-reactive ketones (excluding diaryl/α,β-unsaturated/α-hetero) is 2. The number of nitrogens with zero attached hydrogens (tertiary/aromatic N) is 4. The van der Waals surface area contributed by atoms with Crippen LogP contribution in [0.15, 0.2) is 82.4 Å². The summed E-state index contributed by atoms with van der Waals surface area (Å²) in [5, 5.41) is 26.5. The Hall–Kier alpha value is -4.86. The lowest BCUT2D eigenvalue weighted by molar-refractivity contribution is 0.103. The first-order valence-electron chi connectivity index (χ1n) is 9.66. The zero-order chi connectivity index (χ0) is 23.3. The molecule has 0 unspecified atom stereocenters. The number of nitriles is 3. The van der Waals surface area contributed by atoms with Crippen molar-refractivity contribution in [3.8, 4) is 18.3 Å². The number of ketones is 2. The van der Waals surface area contributed by atoms with E-state index in [2.05, 4.69) is 4.99 Å². The van der Waals surface area contributed by atoms with E-state index in [-0.39, 0.29) is 17.1 Å². The van der Waals surface area contributed by atoms with Crippen LogP contribution in [0.2, 0.25) is 0 Å². The molecule has 0 atom stereocenters. The smallest absolute Gasteiger partial charge is 0.206 e. The highest BCUT2D eigenvalue weighted by Gasteiger charge is 2.31. The molecule has 0 heterocycles. The molecule has 6 nitrogen and oxygen atoms in total. The molecule has 0 spiro atoms. The highest BCUT2D eigenvalue weighted by Crippen LogP contribution is 2.38. The molecule has 2 aromatic carbocycles. The summed E-state index contributed by atoms with van der Waals surface area (Å²) in [6.07, 6.45) is 5.07. The number of hydrogen-bond acceptors (Lipinski definition) is 6. The van der Waals surface area contributed by atoms with E-state index in [0.29, 0.717) is 39.1 Å². The topological polar surface area (TPSA) is 118 Å². The minimum Gasteiger partial charge on any atom is -0.289 e. The molecule has 0 amide bonds. The molecule has 0 saturated heterocycles. The summed E-state index contributed by atoms with van der Waals surface area (Å²) in [4.78, 5) is 27.6. The predicted molar refractivity (Wildman–Crippen MR) is 119 cm³/mol. The van der Waals surface area contributed by atoms with E-state index in [1.54, 1.807) is 74.7 Å². The van der Waals surface area contributed by atoms with Crippen molar-refractivity contribution in [3.05, 3.63) is 99.7 Å². The maximum atomic E-state index is 12.1. The summed E-state index contributed by atoms with van der Waals surface area (Å²) in [6, 6.07) is 17.9. The van der Waals surface area contributed by atoms with Crippen molar-refractivity contribution in [2.75, 3.05) is 0 Å². The van der Waals surface area contributed by atoms with Gasteiger partial charge in [-0.15, -0.1) is 0 Å². The van der Waals surface area contributed by atoms with E-state index in [4.69, 9.17) is 15.8 Å². The van der Waals surface area contributed by atoms with Crippen LogP contribution in [-0.2, 0) is 0 Å². The molecule has 0 bridgehead atoms. The van der Waals surface area contributed by atoms with Gasteiger partial charge < -0.3 is 0 Å². The predicted octanol–water partition coefficient (Wildman–Crippen LogP) is 4.73. The van der Waals surface area contributed by atoms with Crippen molar-refractivity contribution < 1.29 is 9.59 Å². The summed E-state index contributed by atoms with van der Waals surface area (Å²) < 4.78 is 0. The largest absolute Gasteiger partial charge is 0.289 e. The van der Waals surface area contributed by atoms with Gasteiger partial charge in [0.15, 0.2) is 11.6 Å². The number of carbonyl (C=O) groups is 2. The van der Waals surface area contributed by atoms with Gasteiger partial charge in [-0.2, -0.15) is 20.8 Å². The van der Waals surface area contributed by atoms with Crippen LogP contribution < -0.4 is 0 Å². The fraction of sp³-hybridized carbons (Fsp3) is 0.0769. The van der Waals surface area contributed by atoms with Gasteiger partial charge in [-0.3, -0.25) is 9.59 Å². The Morgan fingerprint density at radius 1 is 0.750 bits per heavy atom. The molecule has 0 N–H and O–H groups in total. The molecule has 2 aromatic rings. The zero-order valence-corrected chi connectivity index (χ0v) is 17.4. The number of benzene rings is 2. The number of rotatable bonds is 0. The van der Waals surface area contributed by atoms with Crippen molar-refractivity contribution in [1.82, 2.24) is 0 Å². The van der Waals surface area contributed by atoms with Crippen LogP contribution in [0.25, 0.3) is 5.57 Å². The van der Waals surface area contributed by atoms with Gasteiger partial charge in [0.25, 0.3) is 0 Å². The van der Waals surface area contributed by atoms with E-state index in [0.717, 1.165) is 5.56 Å². The molecule has 0 saturated carbocycles. The first-order chi connectivity index (χ1) is 15.5. The van der Waals surface area contributed by atoms with E-state index in [9.17, 15) is 9.59 Å². The monoisotopic (exact) mass is 416 g/mol. The molecular weight excluding hydrogens is 400 g/mol. The van der Waals surface area contributed by atoms with Gasteiger partial charge in [-0.1, -0.05) is 60.7 Å². The van der Waals surface area contributed by atoms with Crippen LogP contribution in [0.5, 0.6) is 0 Å². The number of aliphatic imine (C=N–C) groups is 1. The molecule has 4 rings (SSSR count). The molecule has 152 valence electrons. The Bertz CT molecular complexity index is 1380. The normalized spacial score (nSPS) is 17.2. The first-order valence-corrected chi connectivity index (χ1v) is 9.66. The Morgan fingerprint density at radius 3 is 1.72 bits per heavy atom. The van der Waals surface area contributed by atoms with Crippen LogP contribution in [0.4, 0.5) is 0 Å². The fourth-order valence-corrected chi connectivity index (χ4v) is 3.71. The Morgan fingerprint density at radius 2 is 1.22 bits per heavy atom. The summed E-state index contributed by atoms with van der Waals surface area (Å²) in [6.45, 7) is 3.50. The minimum atomic E-state index is -0.124. The highest BCUT2D eigenvalue weighted by molar-refractivity contribution is 6.41. The second-order valence-corrected chi connectivity index (χ2v) is 6.69. The number of fused-ring (bicyclic) bond motifs is 2. The highest BCUT2D eigenvalue weighted by atomic mass is 16.1. The van der Waals surface area contributed by atoms with Gasteiger partial charge in [-0.05, 0) is 19.4 Å². The fourth-order valence-electron chi connectivity index (χ4n) is 3.71. The summed E-state index contributed by atoms with van der Waals surface area (Å²) in [7, 11) is 0. The molecular formula is C26H16N4O2. The molecule has 2 aliphatic carbocycles. The lowest BCUT2D eigenvalue weighted by atomic mass is 10.00. The van der Waals surface area contributed by atoms with E-state index >= 15 is 0 Å². The summed E-state index contributed by atoms with van der Waals surface area (Å²) in [5.41, 5.74) is 4.47. The SMILES string of the molecule is C/C=C1\C(=O)c2ccccc2C1=C(C#N)C#N.C/C=C1\C(=O)c2ccccc2C1=NC#N. The summed E-state index contributed by atoms with van der Waals surface area (Å²) in [5.74, 6) is -0.178. The van der Waals surface area contributed by atoms with Crippen LogP contribution in [0.3, 0.4) is 0 Å². The lowest BCUT2D eigenvalue weighted by Gasteiger charge is -1.99. The third-order valence-electron chi connectivity index (χ3n) is 5.09. The quantitative estimate of drug-likeness (QED) is 0.349. The average Bonchev–Trinajstić information content (AvgIpc) is 3.27. The summed E-state index contributed by atoms with van der Waals surface area (Å²) >= 11 is 0. The maximum absolute atomic E-state index is 12.1. The van der Waals surface area contributed by atoms with Crippen molar-refractivity contribution in [2.45, 2.75) is 13.8 Å². The molecule has 0 radical (unpaired) electrons. The third kappa shape index (κ3) is 3.56. The van der Waals surface area contributed by atoms with Crippen molar-refractivity contribution in [1.29, 1.82) is 15.8 Å². The van der Waals surface area contributed by atoms with Gasteiger partial charge >= 0.3 is 0 Å².